The Morgan fingerprint density at radius 1 is 1.08 bits per heavy atom. The van der Waals surface area contributed by atoms with E-state index in [0.717, 1.165) is 16.0 Å². The molecule has 0 bridgehead atoms. The van der Waals surface area contributed by atoms with E-state index in [1.54, 1.807) is 6.20 Å². The molecule has 2 heteroatoms. The van der Waals surface area contributed by atoms with E-state index in [1.165, 1.54) is 0 Å². The molecule has 1 aromatic rings. The first-order valence-corrected chi connectivity index (χ1v) is 4.59. The number of rotatable bonds is 0. The highest BCUT2D eigenvalue weighted by Gasteiger charge is 1.81. The van der Waals surface area contributed by atoms with Gasteiger partial charge in [-0.1, -0.05) is 6.07 Å². The van der Waals surface area contributed by atoms with Crippen LogP contribution >= 0.6 is 12.6 Å². The van der Waals surface area contributed by atoms with Gasteiger partial charge in [0.15, 0.2) is 0 Å². The molecule has 0 fully saturated rings. The van der Waals surface area contributed by atoms with Gasteiger partial charge in [0.2, 0.25) is 0 Å². The fourth-order valence-electron chi connectivity index (χ4n) is 0.911. The molecular formula is C11H13NS. The van der Waals surface area contributed by atoms with Crippen molar-refractivity contribution >= 4 is 12.6 Å². The zero-order valence-corrected chi connectivity index (χ0v) is 8.75. The molecule has 13 heavy (non-hydrogen) atoms. The van der Waals surface area contributed by atoms with Crippen molar-refractivity contribution in [2.75, 3.05) is 0 Å². The maximum absolute atomic E-state index is 4.32. The number of aromatic nitrogens is 1. The van der Waals surface area contributed by atoms with Crippen LogP contribution < -0.4 is 0 Å². The highest BCUT2D eigenvalue weighted by atomic mass is 32.1. The van der Waals surface area contributed by atoms with Gasteiger partial charge < -0.3 is 0 Å². The Morgan fingerprint density at radius 2 is 1.85 bits per heavy atom. The molecule has 0 aromatic carbocycles. The van der Waals surface area contributed by atoms with Crippen LogP contribution in [0.5, 0.6) is 0 Å². The van der Waals surface area contributed by atoms with Crippen LogP contribution in [-0.4, -0.2) is 4.98 Å². The van der Waals surface area contributed by atoms with Gasteiger partial charge in [0.05, 0.1) is 0 Å². The van der Waals surface area contributed by atoms with E-state index in [1.807, 2.05) is 44.3 Å². The van der Waals surface area contributed by atoms with Crippen molar-refractivity contribution in [3.05, 3.63) is 47.8 Å². The van der Waals surface area contributed by atoms with Crippen LogP contribution in [0.2, 0.25) is 0 Å². The summed E-state index contributed by atoms with van der Waals surface area (Å²) in [6, 6.07) is 7.92. The fraction of sp³-hybridized carbons (Fsp3) is 0.182. The average Bonchev–Trinajstić information content (AvgIpc) is 2.08. The van der Waals surface area contributed by atoms with Gasteiger partial charge in [-0.05, 0) is 43.2 Å². The molecule has 68 valence electrons. The van der Waals surface area contributed by atoms with Crippen molar-refractivity contribution in [1.29, 1.82) is 0 Å². The van der Waals surface area contributed by atoms with Crippen molar-refractivity contribution in [1.82, 2.24) is 4.98 Å². The zero-order valence-electron chi connectivity index (χ0n) is 7.86. The van der Waals surface area contributed by atoms with Gasteiger partial charge in [-0.25, -0.2) is 0 Å². The first kappa shape index (κ1) is 10.1. The highest BCUT2D eigenvalue weighted by molar-refractivity contribution is 7.80. The van der Waals surface area contributed by atoms with Gasteiger partial charge in [-0.2, -0.15) is 0 Å². The number of hydrogen-bond donors (Lipinski definition) is 1. The SMILES string of the molecule is Cc1ccc(S)cc(C)ccnc1. The van der Waals surface area contributed by atoms with E-state index in [4.69, 9.17) is 0 Å². The molecule has 0 aliphatic rings. The highest BCUT2D eigenvalue weighted by Crippen LogP contribution is 2.04. The summed E-state index contributed by atoms with van der Waals surface area (Å²) in [5.74, 6) is 0. The fourth-order valence-corrected chi connectivity index (χ4v) is 1.19. The van der Waals surface area contributed by atoms with Crippen molar-refractivity contribution in [2.45, 2.75) is 18.7 Å². The third-order valence-corrected chi connectivity index (χ3v) is 1.87. The van der Waals surface area contributed by atoms with Crippen molar-refractivity contribution in [3.8, 4) is 0 Å². The van der Waals surface area contributed by atoms with Gasteiger partial charge in [-0.15, -0.1) is 12.6 Å². The Balaban J connectivity index is 3.31. The molecule has 1 rings (SSSR count). The Bertz CT molecular complexity index is 346. The van der Waals surface area contributed by atoms with Gasteiger partial charge in [0.25, 0.3) is 0 Å². The minimum absolute atomic E-state index is 0.955. The van der Waals surface area contributed by atoms with Crippen LogP contribution in [0.25, 0.3) is 0 Å². The molecule has 0 saturated carbocycles. The standard InChI is InChI=1S/C11H13NS/c1-9-5-6-12-8-10(2)3-4-11(13)7-9/h3-8,13H,1-2H3. The minimum atomic E-state index is 0.955. The summed E-state index contributed by atoms with van der Waals surface area (Å²) < 4.78 is 0. The molecule has 1 aromatic heterocycles. The Kier molecular flexibility index (Phi) is 3.77. The van der Waals surface area contributed by atoms with Crippen molar-refractivity contribution in [2.24, 2.45) is 0 Å². The number of thiol groups is 1. The Morgan fingerprint density at radius 3 is 2.62 bits per heavy atom. The molecule has 0 spiro atoms. The summed E-state index contributed by atoms with van der Waals surface area (Å²) in [6.07, 6.45) is 3.61. The smallest absolute Gasteiger partial charge is 0.0297 e. The van der Waals surface area contributed by atoms with Gasteiger partial charge in [-0.3, -0.25) is 4.98 Å². The first-order chi connectivity index (χ1) is 6.18. The molecule has 0 aliphatic carbocycles. The number of aryl methyl sites for hydroxylation is 2. The summed E-state index contributed by atoms with van der Waals surface area (Å²) in [5, 5.41) is 0. The maximum atomic E-state index is 4.32. The predicted octanol–water partition coefficient (Wildman–Crippen LogP) is 3.11. The summed E-state index contributed by atoms with van der Waals surface area (Å²) in [7, 11) is 0. The third-order valence-electron chi connectivity index (χ3n) is 1.59. The molecule has 0 amide bonds. The lowest BCUT2D eigenvalue weighted by atomic mass is 10.3. The third kappa shape index (κ3) is 3.95. The number of nitrogens with zero attached hydrogens (tertiary/aromatic N) is 1. The normalized spacial score (nSPS) is 9.15. The summed E-state index contributed by atoms with van der Waals surface area (Å²) in [4.78, 5) is 5.08. The summed E-state index contributed by atoms with van der Waals surface area (Å²) >= 11 is 4.32. The van der Waals surface area contributed by atoms with Crippen LogP contribution in [0.3, 0.4) is 0 Å². The Hall–Kier alpha value is -1.02. The zero-order chi connectivity index (χ0) is 9.68. The second-order valence-electron chi connectivity index (χ2n) is 2.98. The molecule has 0 saturated heterocycles. The molecule has 0 aliphatic heterocycles. The lowest BCUT2D eigenvalue weighted by Gasteiger charge is -1.88. The first-order valence-electron chi connectivity index (χ1n) is 4.14. The number of hydrogen-bond acceptors (Lipinski definition) is 2. The molecule has 0 unspecified atom stereocenters. The van der Waals surface area contributed by atoms with Crippen LogP contribution in [0, 0.1) is 13.8 Å². The molecular weight excluding hydrogens is 178 g/mol. The van der Waals surface area contributed by atoms with E-state index in [9.17, 15) is 0 Å². The van der Waals surface area contributed by atoms with E-state index >= 15 is 0 Å². The lowest BCUT2D eigenvalue weighted by molar-refractivity contribution is 1.27. The van der Waals surface area contributed by atoms with Crippen molar-refractivity contribution < 1.29 is 0 Å². The summed E-state index contributed by atoms with van der Waals surface area (Å²) in [5.41, 5.74) is 2.26. The van der Waals surface area contributed by atoms with Gasteiger partial charge in [0.1, 0.15) is 0 Å². The molecule has 0 radical (unpaired) electrons. The maximum Gasteiger partial charge on any atom is 0.0297 e. The summed E-state index contributed by atoms with van der Waals surface area (Å²) in [6.45, 7) is 4.03. The van der Waals surface area contributed by atoms with Gasteiger partial charge >= 0.3 is 0 Å². The van der Waals surface area contributed by atoms with Crippen LogP contribution in [0.4, 0.5) is 0 Å². The average molecular weight is 191 g/mol. The predicted molar refractivity (Wildman–Crippen MR) is 58.6 cm³/mol. The molecule has 0 atom stereocenters. The van der Waals surface area contributed by atoms with Crippen LogP contribution in [0.1, 0.15) is 11.1 Å². The van der Waals surface area contributed by atoms with E-state index in [0.29, 0.717) is 0 Å². The van der Waals surface area contributed by atoms with E-state index in [2.05, 4.69) is 17.6 Å². The second-order valence-corrected chi connectivity index (χ2v) is 3.50. The van der Waals surface area contributed by atoms with E-state index < -0.39 is 0 Å². The molecule has 1 nitrogen and oxygen atoms in total. The van der Waals surface area contributed by atoms with Crippen molar-refractivity contribution in [3.63, 3.8) is 0 Å². The van der Waals surface area contributed by atoms with Gasteiger partial charge in [0, 0.05) is 17.3 Å². The molecule has 1 heterocycles. The largest absolute Gasteiger partial charge is 0.264 e. The monoisotopic (exact) mass is 191 g/mol. The lowest BCUT2D eigenvalue weighted by Crippen LogP contribution is -1.71. The molecule has 0 N–H and O–H groups in total. The second kappa shape index (κ2) is 4.87. The van der Waals surface area contributed by atoms with E-state index in [-0.39, 0.29) is 0 Å². The van der Waals surface area contributed by atoms with Crippen LogP contribution in [-0.2, 0) is 0 Å². The van der Waals surface area contributed by atoms with Crippen LogP contribution in [0.15, 0.2) is 41.6 Å². The quantitative estimate of drug-likeness (QED) is 0.622. The topological polar surface area (TPSA) is 12.9 Å². The minimum Gasteiger partial charge on any atom is -0.264 e. The Labute approximate surface area is 84.6 Å².